The Labute approximate surface area is 166 Å². The fourth-order valence-corrected chi connectivity index (χ4v) is 4.30. The molecule has 5 heteroatoms. The van der Waals surface area contributed by atoms with Crippen LogP contribution in [0.3, 0.4) is 0 Å². The van der Waals surface area contributed by atoms with Gasteiger partial charge in [-0.3, -0.25) is 14.5 Å². The number of nitrogens with one attached hydrogen (secondary N) is 2. The summed E-state index contributed by atoms with van der Waals surface area (Å²) >= 11 is 0. The van der Waals surface area contributed by atoms with Crippen LogP contribution in [0.25, 0.3) is 0 Å². The maximum atomic E-state index is 12.9. The molecule has 0 aromatic heterocycles. The highest BCUT2D eigenvalue weighted by Gasteiger charge is 2.31. The molecule has 2 aromatic rings. The lowest BCUT2D eigenvalue weighted by Gasteiger charge is -2.36. The molecule has 2 aliphatic heterocycles. The van der Waals surface area contributed by atoms with E-state index in [1.54, 1.807) is 0 Å². The maximum Gasteiger partial charge on any atom is 0.228 e. The molecule has 1 saturated heterocycles. The molecule has 0 aliphatic carbocycles. The minimum Gasteiger partial charge on any atom is -0.354 e. The summed E-state index contributed by atoms with van der Waals surface area (Å²) in [5.74, 6) is -0.550. The second-order valence-electron chi connectivity index (χ2n) is 7.74. The molecular weight excluding hydrogens is 350 g/mol. The van der Waals surface area contributed by atoms with E-state index >= 15 is 0 Å². The van der Waals surface area contributed by atoms with Crippen LogP contribution < -0.4 is 10.6 Å². The van der Waals surface area contributed by atoms with Crippen LogP contribution in [0.5, 0.6) is 0 Å². The maximum absolute atomic E-state index is 12.9. The predicted octanol–water partition coefficient (Wildman–Crippen LogP) is 3.28. The van der Waals surface area contributed by atoms with Crippen LogP contribution in [-0.2, 0) is 16.1 Å². The van der Waals surface area contributed by atoms with E-state index in [1.165, 1.54) is 18.4 Å². The quantitative estimate of drug-likeness (QED) is 0.841. The molecule has 0 saturated carbocycles. The second kappa shape index (κ2) is 8.57. The summed E-state index contributed by atoms with van der Waals surface area (Å²) in [5, 5.41) is 6.00. The molecule has 0 bridgehead atoms. The van der Waals surface area contributed by atoms with Crippen molar-refractivity contribution in [1.82, 2.24) is 10.2 Å². The molecule has 0 radical (unpaired) electrons. The normalized spacial score (nSPS) is 22.2. The highest BCUT2D eigenvalue weighted by molar-refractivity contribution is 6.01. The largest absolute Gasteiger partial charge is 0.354 e. The zero-order valence-corrected chi connectivity index (χ0v) is 16.1. The number of para-hydroxylation sites is 1. The van der Waals surface area contributed by atoms with Crippen molar-refractivity contribution in [3.05, 3.63) is 65.7 Å². The van der Waals surface area contributed by atoms with Crippen LogP contribution >= 0.6 is 0 Å². The van der Waals surface area contributed by atoms with Crippen molar-refractivity contribution >= 4 is 17.5 Å². The molecule has 0 spiro atoms. The van der Waals surface area contributed by atoms with E-state index in [2.05, 4.69) is 39.8 Å². The third kappa shape index (κ3) is 4.25. The van der Waals surface area contributed by atoms with Gasteiger partial charge in [-0.1, -0.05) is 55.0 Å². The average Bonchev–Trinajstić information content (AvgIpc) is 2.73. The van der Waals surface area contributed by atoms with Gasteiger partial charge in [-0.2, -0.15) is 0 Å². The van der Waals surface area contributed by atoms with Gasteiger partial charge in [-0.25, -0.2) is 0 Å². The molecule has 146 valence electrons. The van der Waals surface area contributed by atoms with Crippen molar-refractivity contribution in [1.29, 1.82) is 0 Å². The van der Waals surface area contributed by atoms with Crippen LogP contribution in [0.2, 0.25) is 0 Å². The SMILES string of the molecule is O=C1CC(C(=O)NCC2CCCCN2Cc2ccccc2)c2ccccc2N1. The van der Waals surface area contributed by atoms with Crippen molar-refractivity contribution in [2.75, 3.05) is 18.4 Å². The smallest absolute Gasteiger partial charge is 0.228 e. The van der Waals surface area contributed by atoms with E-state index in [4.69, 9.17) is 0 Å². The fourth-order valence-electron chi connectivity index (χ4n) is 4.30. The molecule has 2 N–H and O–H groups in total. The second-order valence-corrected chi connectivity index (χ2v) is 7.74. The molecule has 2 unspecified atom stereocenters. The fraction of sp³-hybridized carbons (Fsp3) is 0.391. The van der Waals surface area contributed by atoms with Crippen molar-refractivity contribution in [2.24, 2.45) is 0 Å². The monoisotopic (exact) mass is 377 g/mol. The Kier molecular flexibility index (Phi) is 5.72. The van der Waals surface area contributed by atoms with E-state index in [0.717, 1.165) is 30.8 Å². The van der Waals surface area contributed by atoms with Crippen LogP contribution in [0.15, 0.2) is 54.6 Å². The van der Waals surface area contributed by atoms with Crippen LogP contribution in [0, 0.1) is 0 Å². The summed E-state index contributed by atoms with van der Waals surface area (Å²) in [4.78, 5) is 27.4. The van der Waals surface area contributed by atoms with Gasteiger partial charge in [0.05, 0.1) is 5.92 Å². The number of carbonyl (C=O) groups is 2. The van der Waals surface area contributed by atoms with Gasteiger partial charge in [0.15, 0.2) is 0 Å². The van der Waals surface area contributed by atoms with E-state index in [1.807, 2.05) is 30.3 Å². The van der Waals surface area contributed by atoms with Crippen molar-refractivity contribution in [3.63, 3.8) is 0 Å². The van der Waals surface area contributed by atoms with Gasteiger partial charge in [0.2, 0.25) is 11.8 Å². The first kappa shape index (κ1) is 18.7. The number of carbonyl (C=O) groups excluding carboxylic acids is 2. The molecule has 2 aliphatic rings. The Bertz CT molecular complexity index is 837. The predicted molar refractivity (Wildman–Crippen MR) is 110 cm³/mol. The number of fused-ring (bicyclic) bond motifs is 1. The third-order valence-electron chi connectivity index (χ3n) is 5.81. The van der Waals surface area contributed by atoms with Gasteiger partial charge in [0.25, 0.3) is 0 Å². The average molecular weight is 377 g/mol. The first-order valence-electron chi connectivity index (χ1n) is 10.1. The van der Waals surface area contributed by atoms with Gasteiger partial charge in [-0.05, 0) is 36.6 Å². The molecule has 2 amide bonds. The minimum absolute atomic E-state index is 0.0486. The zero-order chi connectivity index (χ0) is 19.3. The number of anilines is 1. The highest BCUT2D eigenvalue weighted by Crippen LogP contribution is 2.32. The Morgan fingerprint density at radius 3 is 2.71 bits per heavy atom. The van der Waals surface area contributed by atoms with Gasteiger partial charge in [0, 0.05) is 31.2 Å². The van der Waals surface area contributed by atoms with Gasteiger partial charge in [0.1, 0.15) is 0 Å². The molecule has 4 rings (SSSR count). The molecule has 28 heavy (non-hydrogen) atoms. The third-order valence-corrected chi connectivity index (χ3v) is 5.81. The van der Waals surface area contributed by atoms with Gasteiger partial charge < -0.3 is 10.6 Å². The van der Waals surface area contributed by atoms with Crippen LogP contribution in [-0.4, -0.2) is 35.8 Å². The lowest BCUT2D eigenvalue weighted by atomic mass is 9.89. The highest BCUT2D eigenvalue weighted by atomic mass is 16.2. The summed E-state index contributed by atoms with van der Waals surface area (Å²) in [6.45, 7) is 2.60. The summed E-state index contributed by atoms with van der Waals surface area (Å²) < 4.78 is 0. The number of nitrogens with zero attached hydrogens (tertiary/aromatic N) is 1. The summed E-state index contributed by atoms with van der Waals surface area (Å²) in [7, 11) is 0. The van der Waals surface area contributed by atoms with Gasteiger partial charge in [-0.15, -0.1) is 0 Å². The topological polar surface area (TPSA) is 61.4 Å². The lowest BCUT2D eigenvalue weighted by molar-refractivity contribution is -0.126. The number of benzene rings is 2. The van der Waals surface area contributed by atoms with E-state index in [0.29, 0.717) is 12.6 Å². The molecule has 2 aromatic carbocycles. The van der Waals surface area contributed by atoms with Crippen molar-refractivity contribution in [2.45, 2.75) is 44.2 Å². The Hall–Kier alpha value is -2.66. The first-order chi connectivity index (χ1) is 13.7. The number of rotatable bonds is 5. The Balaban J connectivity index is 1.40. The molecule has 5 nitrogen and oxygen atoms in total. The van der Waals surface area contributed by atoms with Gasteiger partial charge >= 0.3 is 0 Å². The molecular formula is C23H27N3O2. The van der Waals surface area contributed by atoms with Crippen LogP contribution in [0.4, 0.5) is 5.69 Å². The van der Waals surface area contributed by atoms with E-state index in [-0.39, 0.29) is 18.2 Å². The summed E-state index contributed by atoms with van der Waals surface area (Å²) in [6, 6.07) is 18.4. The minimum atomic E-state index is -0.406. The first-order valence-corrected chi connectivity index (χ1v) is 10.1. The molecule has 2 atom stereocenters. The van der Waals surface area contributed by atoms with E-state index < -0.39 is 5.92 Å². The summed E-state index contributed by atoms with van der Waals surface area (Å²) in [5.41, 5.74) is 2.96. The molecule has 2 heterocycles. The number of hydrogen-bond donors (Lipinski definition) is 2. The Morgan fingerprint density at radius 1 is 1.07 bits per heavy atom. The number of amides is 2. The number of hydrogen-bond acceptors (Lipinski definition) is 3. The molecule has 1 fully saturated rings. The van der Waals surface area contributed by atoms with Crippen molar-refractivity contribution in [3.8, 4) is 0 Å². The number of likely N-dealkylation sites (tertiary alicyclic amines) is 1. The standard InChI is InChI=1S/C23H27N3O2/c27-22-14-20(19-11-4-5-12-21(19)25-22)23(28)24-15-18-10-6-7-13-26(18)16-17-8-2-1-3-9-17/h1-5,8-9,11-12,18,20H,6-7,10,13-16H2,(H,24,28)(H,25,27). The summed E-state index contributed by atoms with van der Waals surface area (Å²) in [6.07, 6.45) is 3.70. The van der Waals surface area contributed by atoms with Crippen molar-refractivity contribution < 1.29 is 9.59 Å². The van der Waals surface area contributed by atoms with E-state index in [9.17, 15) is 9.59 Å². The lowest BCUT2D eigenvalue weighted by Crippen LogP contribution is -2.47. The number of piperidine rings is 1. The zero-order valence-electron chi connectivity index (χ0n) is 16.1. The van der Waals surface area contributed by atoms with Crippen LogP contribution in [0.1, 0.15) is 42.7 Å². The Morgan fingerprint density at radius 2 is 1.86 bits per heavy atom.